The molecular formula is C21H22N2O4. The molecule has 2 aliphatic rings. The minimum absolute atomic E-state index is 0.0625. The minimum Gasteiger partial charge on any atom is -0.486 e. The summed E-state index contributed by atoms with van der Waals surface area (Å²) in [5.74, 6) is 0.740. The first-order valence-corrected chi connectivity index (χ1v) is 9.09. The number of anilines is 2. The van der Waals surface area contributed by atoms with Gasteiger partial charge in [-0.05, 0) is 37.6 Å². The molecule has 2 aliphatic heterocycles. The number of benzene rings is 2. The molecule has 0 bridgehead atoms. The highest BCUT2D eigenvalue weighted by Crippen LogP contribution is 2.36. The lowest BCUT2D eigenvalue weighted by Crippen LogP contribution is -2.28. The lowest BCUT2D eigenvalue weighted by molar-refractivity contribution is -0.122. The number of ether oxygens (including phenoxy) is 2. The van der Waals surface area contributed by atoms with E-state index >= 15 is 0 Å². The summed E-state index contributed by atoms with van der Waals surface area (Å²) in [5, 5.41) is 2.96. The summed E-state index contributed by atoms with van der Waals surface area (Å²) >= 11 is 0. The van der Waals surface area contributed by atoms with Crippen LogP contribution >= 0.6 is 0 Å². The first kappa shape index (κ1) is 17.4. The third kappa shape index (κ3) is 3.47. The molecule has 0 radical (unpaired) electrons. The Morgan fingerprint density at radius 1 is 1.07 bits per heavy atom. The van der Waals surface area contributed by atoms with Gasteiger partial charge in [-0.1, -0.05) is 17.7 Å². The zero-order valence-electron chi connectivity index (χ0n) is 15.5. The van der Waals surface area contributed by atoms with Crippen LogP contribution in [0.4, 0.5) is 11.4 Å². The fraction of sp³-hybridized carbons (Fsp3) is 0.333. The van der Waals surface area contributed by atoms with Crippen molar-refractivity contribution in [2.24, 2.45) is 5.92 Å². The SMILES string of the molecule is Cc1ccc(NC(=O)C2CC(=O)N(c3ccc4c(c3)OCCO4)C2)c(C)c1. The predicted octanol–water partition coefficient (Wildman–Crippen LogP) is 3.07. The lowest BCUT2D eigenvalue weighted by atomic mass is 10.1. The highest BCUT2D eigenvalue weighted by molar-refractivity contribution is 6.03. The van der Waals surface area contributed by atoms with Gasteiger partial charge in [0.25, 0.3) is 0 Å². The molecular weight excluding hydrogens is 344 g/mol. The van der Waals surface area contributed by atoms with E-state index in [1.54, 1.807) is 17.0 Å². The van der Waals surface area contributed by atoms with Crippen LogP contribution in [-0.2, 0) is 9.59 Å². The summed E-state index contributed by atoms with van der Waals surface area (Å²) in [6.45, 7) is 5.35. The third-order valence-electron chi connectivity index (χ3n) is 4.97. The molecule has 140 valence electrons. The maximum atomic E-state index is 12.7. The van der Waals surface area contributed by atoms with E-state index in [0.717, 1.165) is 22.5 Å². The van der Waals surface area contributed by atoms with Gasteiger partial charge in [0.1, 0.15) is 13.2 Å². The van der Waals surface area contributed by atoms with Crippen LogP contribution < -0.4 is 19.7 Å². The van der Waals surface area contributed by atoms with Gasteiger partial charge in [0.2, 0.25) is 11.8 Å². The van der Waals surface area contributed by atoms with Crippen molar-refractivity contribution in [2.75, 3.05) is 30.0 Å². The smallest absolute Gasteiger partial charge is 0.229 e. The Morgan fingerprint density at radius 3 is 2.63 bits per heavy atom. The zero-order chi connectivity index (χ0) is 19.0. The van der Waals surface area contributed by atoms with Gasteiger partial charge in [0.05, 0.1) is 5.92 Å². The maximum absolute atomic E-state index is 12.7. The van der Waals surface area contributed by atoms with Crippen molar-refractivity contribution in [1.82, 2.24) is 0 Å². The van der Waals surface area contributed by atoms with Gasteiger partial charge in [0, 0.05) is 30.4 Å². The van der Waals surface area contributed by atoms with Crippen LogP contribution in [0.25, 0.3) is 0 Å². The molecule has 0 saturated carbocycles. The Morgan fingerprint density at radius 2 is 1.85 bits per heavy atom. The molecule has 27 heavy (non-hydrogen) atoms. The van der Waals surface area contributed by atoms with E-state index < -0.39 is 0 Å². The van der Waals surface area contributed by atoms with Crippen molar-refractivity contribution in [3.05, 3.63) is 47.5 Å². The molecule has 1 unspecified atom stereocenters. The highest BCUT2D eigenvalue weighted by atomic mass is 16.6. The molecule has 6 heteroatoms. The fourth-order valence-corrected chi connectivity index (χ4v) is 3.52. The number of rotatable bonds is 3. The molecule has 0 aliphatic carbocycles. The Bertz CT molecular complexity index is 909. The van der Waals surface area contributed by atoms with Gasteiger partial charge in [0.15, 0.2) is 11.5 Å². The topological polar surface area (TPSA) is 67.9 Å². The average Bonchev–Trinajstić information content (AvgIpc) is 3.05. The molecule has 1 N–H and O–H groups in total. The van der Waals surface area contributed by atoms with E-state index in [-0.39, 0.29) is 24.2 Å². The predicted molar refractivity (Wildman–Crippen MR) is 102 cm³/mol. The Hall–Kier alpha value is -3.02. The van der Waals surface area contributed by atoms with E-state index in [9.17, 15) is 9.59 Å². The molecule has 0 spiro atoms. The second kappa shape index (κ2) is 6.95. The van der Waals surface area contributed by atoms with E-state index in [2.05, 4.69) is 5.32 Å². The number of amides is 2. The number of nitrogens with one attached hydrogen (secondary N) is 1. The lowest BCUT2D eigenvalue weighted by Gasteiger charge is -2.22. The summed E-state index contributed by atoms with van der Waals surface area (Å²) in [7, 11) is 0. The number of hydrogen-bond donors (Lipinski definition) is 1. The van der Waals surface area contributed by atoms with E-state index in [1.165, 1.54) is 0 Å². The summed E-state index contributed by atoms with van der Waals surface area (Å²) in [6, 6.07) is 11.3. The molecule has 2 aromatic rings. The molecule has 6 nitrogen and oxygen atoms in total. The van der Waals surface area contributed by atoms with Crippen LogP contribution in [0.2, 0.25) is 0 Å². The van der Waals surface area contributed by atoms with Crippen LogP contribution in [0.3, 0.4) is 0 Å². The minimum atomic E-state index is -0.383. The average molecular weight is 366 g/mol. The number of nitrogens with zero attached hydrogens (tertiary/aromatic N) is 1. The fourth-order valence-electron chi connectivity index (χ4n) is 3.52. The monoisotopic (exact) mass is 366 g/mol. The van der Waals surface area contributed by atoms with Gasteiger partial charge in [-0.2, -0.15) is 0 Å². The van der Waals surface area contributed by atoms with Crippen LogP contribution in [0.15, 0.2) is 36.4 Å². The van der Waals surface area contributed by atoms with E-state index in [4.69, 9.17) is 9.47 Å². The number of hydrogen-bond acceptors (Lipinski definition) is 4. The summed E-state index contributed by atoms with van der Waals surface area (Å²) in [6.07, 6.45) is 0.200. The molecule has 2 aromatic carbocycles. The van der Waals surface area contributed by atoms with Crippen molar-refractivity contribution in [3.63, 3.8) is 0 Å². The van der Waals surface area contributed by atoms with Crippen molar-refractivity contribution in [2.45, 2.75) is 20.3 Å². The van der Waals surface area contributed by atoms with Gasteiger partial charge >= 0.3 is 0 Å². The molecule has 0 aromatic heterocycles. The Balaban J connectivity index is 1.48. The van der Waals surface area contributed by atoms with Gasteiger partial charge < -0.3 is 19.7 Å². The van der Waals surface area contributed by atoms with Crippen molar-refractivity contribution < 1.29 is 19.1 Å². The molecule has 4 rings (SSSR count). The Kier molecular flexibility index (Phi) is 4.48. The quantitative estimate of drug-likeness (QED) is 0.907. The van der Waals surface area contributed by atoms with Gasteiger partial charge in [-0.15, -0.1) is 0 Å². The number of aryl methyl sites for hydroxylation is 2. The van der Waals surface area contributed by atoms with Crippen LogP contribution in [0.1, 0.15) is 17.5 Å². The number of carbonyl (C=O) groups excluding carboxylic acids is 2. The highest BCUT2D eigenvalue weighted by Gasteiger charge is 2.35. The van der Waals surface area contributed by atoms with E-state index in [0.29, 0.717) is 31.3 Å². The van der Waals surface area contributed by atoms with Crippen molar-refractivity contribution in [1.29, 1.82) is 0 Å². The van der Waals surface area contributed by atoms with Crippen LogP contribution in [0, 0.1) is 19.8 Å². The number of carbonyl (C=O) groups is 2. The summed E-state index contributed by atoms with van der Waals surface area (Å²) in [5.41, 5.74) is 3.67. The standard InChI is InChI=1S/C21H22N2O4/c1-13-3-5-17(14(2)9-13)22-21(25)15-10-20(24)23(12-15)16-4-6-18-19(11-16)27-8-7-26-18/h3-6,9,11,15H,7-8,10,12H2,1-2H3,(H,22,25). The third-order valence-corrected chi connectivity index (χ3v) is 4.97. The van der Waals surface area contributed by atoms with Crippen LogP contribution in [-0.4, -0.2) is 31.6 Å². The second-order valence-electron chi connectivity index (χ2n) is 7.04. The largest absolute Gasteiger partial charge is 0.486 e. The first-order valence-electron chi connectivity index (χ1n) is 9.09. The van der Waals surface area contributed by atoms with Crippen molar-refractivity contribution in [3.8, 4) is 11.5 Å². The second-order valence-corrected chi connectivity index (χ2v) is 7.04. The van der Waals surface area contributed by atoms with Crippen molar-refractivity contribution >= 4 is 23.2 Å². The van der Waals surface area contributed by atoms with Crippen LogP contribution in [0.5, 0.6) is 11.5 Å². The summed E-state index contributed by atoms with van der Waals surface area (Å²) in [4.78, 5) is 26.8. The Labute approximate surface area is 158 Å². The molecule has 1 fully saturated rings. The maximum Gasteiger partial charge on any atom is 0.229 e. The molecule has 1 atom stereocenters. The summed E-state index contributed by atoms with van der Waals surface area (Å²) < 4.78 is 11.1. The zero-order valence-corrected chi connectivity index (χ0v) is 15.5. The molecule has 2 heterocycles. The van der Waals surface area contributed by atoms with E-state index in [1.807, 2.05) is 38.1 Å². The number of fused-ring (bicyclic) bond motifs is 1. The first-order chi connectivity index (χ1) is 13.0. The normalized spacial score (nSPS) is 18.5. The molecule has 1 saturated heterocycles. The van der Waals surface area contributed by atoms with Gasteiger partial charge in [-0.3, -0.25) is 9.59 Å². The van der Waals surface area contributed by atoms with Gasteiger partial charge in [-0.25, -0.2) is 0 Å². The molecule has 2 amide bonds.